The SMILES string of the molecule is COc1cc(OCCC(N)=O)ccc1C(=O)NCCN. The van der Waals surface area contributed by atoms with E-state index in [0.717, 1.165) is 0 Å². The standard InChI is InChI=1S/C13H19N3O4/c1-19-11-8-9(20-7-4-12(15)17)2-3-10(11)13(18)16-6-5-14/h2-3,8H,4-7,14H2,1H3,(H2,15,17)(H,16,18). The van der Waals surface area contributed by atoms with Gasteiger partial charge in [-0.3, -0.25) is 9.59 Å². The highest BCUT2D eigenvalue weighted by atomic mass is 16.5. The van der Waals surface area contributed by atoms with Crippen LogP contribution in [0.2, 0.25) is 0 Å². The van der Waals surface area contributed by atoms with Gasteiger partial charge in [0.15, 0.2) is 0 Å². The van der Waals surface area contributed by atoms with E-state index in [9.17, 15) is 9.59 Å². The molecule has 0 saturated heterocycles. The zero-order valence-electron chi connectivity index (χ0n) is 11.3. The van der Waals surface area contributed by atoms with Crippen LogP contribution in [-0.2, 0) is 4.79 Å². The lowest BCUT2D eigenvalue weighted by Crippen LogP contribution is -2.29. The third-order valence-corrected chi connectivity index (χ3v) is 2.46. The summed E-state index contributed by atoms with van der Waals surface area (Å²) in [7, 11) is 1.46. The number of nitrogens with one attached hydrogen (secondary N) is 1. The van der Waals surface area contributed by atoms with Crippen LogP contribution in [0.4, 0.5) is 0 Å². The number of rotatable bonds is 8. The fourth-order valence-electron chi connectivity index (χ4n) is 1.50. The molecule has 0 radical (unpaired) electrons. The molecule has 0 bridgehead atoms. The lowest BCUT2D eigenvalue weighted by atomic mass is 10.1. The first-order chi connectivity index (χ1) is 9.58. The molecule has 2 amide bonds. The molecule has 5 N–H and O–H groups in total. The Balaban J connectivity index is 2.74. The summed E-state index contributed by atoms with van der Waals surface area (Å²) in [6.07, 6.45) is 0.126. The molecule has 0 atom stereocenters. The number of nitrogens with two attached hydrogens (primary N) is 2. The van der Waals surface area contributed by atoms with Crippen molar-refractivity contribution in [3.05, 3.63) is 23.8 Å². The quantitative estimate of drug-likeness (QED) is 0.601. The second kappa shape index (κ2) is 8.00. The molecule has 0 saturated carbocycles. The first kappa shape index (κ1) is 15.8. The van der Waals surface area contributed by atoms with Gasteiger partial charge in [0.1, 0.15) is 11.5 Å². The molecule has 1 aromatic rings. The molecular weight excluding hydrogens is 262 g/mol. The number of hydrogen-bond acceptors (Lipinski definition) is 5. The summed E-state index contributed by atoms with van der Waals surface area (Å²) < 4.78 is 10.5. The summed E-state index contributed by atoms with van der Waals surface area (Å²) in [5, 5.41) is 2.65. The van der Waals surface area contributed by atoms with Gasteiger partial charge < -0.3 is 26.3 Å². The average molecular weight is 281 g/mol. The van der Waals surface area contributed by atoms with Crippen LogP contribution in [0.15, 0.2) is 18.2 Å². The largest absolute Gasteiger partial charge is 0.496 e. The summed E-state index contributed by atoms with van der Waals surface area (Å²) in [4.78, 5) is 22.5. The molecule has 20 heavy (non-hydrogen) atoms. The van der Waals surface area contributed by atoms with Gasteiger partial charge in [-0.25, -0.2) is 0 Å². The maximum atomic E-state index is 11.8. The van der Waals surface area contributed by atoms with Gasteiger partial charge in [-0.2, -0.15) is 0 Å². The van der Waals surface area contributed by atoms with Crippen molar-refractivity contribution in [2.45, 2.75) is 6.42 Å². The highest BCUT2D eigenvalue weighted by molar-refractivity contribution is 5.97. The molecule has 7 heteroatoms. The maximum absolute atomic E-state index is 11.8. The summed E-state index contributed by atoms with van der Waals surface area (Å²) in [5.74, 6) is 0.181. The van der Waals surface area contributed by atoms with E-state index in [2.05, 4.69) is 5.32 Å². The number of amides is 2. The fourth-order valence-corrected chi connectivity index (χ4v) is 1.50. The van der Waals surface area contributed by atoms with E-state index in [1.807, 2.05) is 0 Å². The van der Waals surface area contributed by atoms with Gasteiger partial charge in [0.25, 0.3) is 5.91 Å². The van der Waals surface area contributed by atoms with Crippen molar-refractivity contribution in [2.24, 2.45) is 11.5 Å². The van der Waals surface area contributed by atoms with E-state index in [-0.39, 0.29) is 18.9 Å². The van der Waals surface area contributed by atoms with Gasteiger partial charge in [-0.15, -0.1) is 0 Å². The molecule has 0 heterocycles. The van der Waals surface area contributed by atoms with E-state index in [0.29, 0.717) is 30.2 Å². The predicted molar refractivity (Wildman–Crippen MR) is 73.7 cm³/mol. The third-order valence-electron chi connectivity index (χ3n) is 2.46. The Hall–Kier alpha value is -2.28. The van der Waals surface area contributed by atoms with Crippen LogP contribution >= 0.6 is 0 Å². The van der Waals surface area contributed by atoms with Crippen molar-refractivity contribution < 1.29 is 19.1 Å². The maximum Gasteiger partial charge on any atom is 0.255 e. The highest BCUT2D eigenvalue weighted by Crippen LogP contribution is 2.24. The minimum atomic E-state index is -0.435. The monoisotopic (exact) mass is 281 g/mol. The molecule has 0 aliphatic heterocycles. The molecule has 7 nitrogen and oxygen atoms in total. The molecule has 0 aliphatic rings. The summed E-state index contributed by atoms with van der Waals surface area (Å²) >= 11 is 0. The molecule has 0 unspecified atom stereocenters. The lowest BCUT2D eigenvalue weighted by molar-refractivity contribution is -0.118. The number of ether oxygens (including phenoxy) is 2. The molecule has 0 spiro atoms. The first-order valence-electron chi connectivity index (χ1n) is 6.16. The van der Waals surface area contributed by atoms with Gasteiger partial charge in [-0.1, -0.05) is 0 Å². The number of benzene rings is 1. The molecule has 1 rings (SSSR count). The predicted octanol–water partition coefficient (Wildman–Crippen LogP) is -0.362. The lowest BCUT2D eigenvalue weighted by Gasteiger charge is -2.11. The van der Waals surface area contributed by atoms with E-state index >= 15 is 0 Å². The topological polar surface area (TPSA) is 117 Å². The Morgan fingerprint density at radius 2 is 2.10 bits per heavy atom. The summed E-state index contributed by atoms with van der Waals surface area (Å²) in [5.41, 5.74) is 10.7. The number of hydrogen-bond donors (Lipinski definition) is 3. The molecule has 110 valence electrons. The van der Waals surface area contributed by atoms with Gasteiger partial charge >= 0.3 is 0 Å². The van der Waals surface area contributed by atoms with Crippen molar-refractivity contribution in [1.29, 1.82) is 0 Å². The van der Waals surface area contributed by atoms with Crippen LogP contribution < -0.4 is 26.3 Å². The van der Waals surface area contributed by atoms with Crippen molar-refractivity contribution >= 4 is 11.8 Å². The van der Waals surface area contributed by atoms with Gasteiger partial charge in [0.2, 0.25) is 5.91 Å². The van der Waals surface area contributed by atoms with Crippen molar-refractivity contribution in [3.8, 4) is 11.5 Å². The molecular formula is C13H19N3O4. The second-order valence-electron chi connectivity index (χ2n) is 3.97. The Morgan fingerprint density at radius 3 is 2.70 bits per heavy atom. The number of primary amides is 1. The van der Waals surface area contributed by atoms with Gasteiger partial charge in [-0.05, 0) is 12.1 Å². The molecule has 0 aromatic heterocycles. The molecule has 1 aromatic carbocycles. The number of methoxy groups -OCH3 is 1. The van der Waals surface area contributed by atoms with Crippen LogP contribution in [0.1, 0.15) is 16.8 Å². The Bertz CT molecular complexity index is 477. The van der Waals surface area contributed by atoms with Crippen LogP contribution in [-0.4, -0.2) is 38.6 Å². The minimum Gasteiger partial charge on any atom is -0.496 e. The van der Waals surface area contributed by atoms with Gasteiger partial charge in [0, 0.05) is 19.2 Å². The van der Waals surface area contributed by atoms with Crippen molar-refractivity contribution in [2.75, 3.05) is 26.8 Å². The number of carbonyl (C=O) groups is 2. The van der Waals surface area contributed by atoms with E-state index in [4.69, 9.17) is 20.9 Å². The first-order valence-corrected chi connectivity index (χ1v) is 6.16. The van der Waals surface area contributed by atoms with Crippen LogP contribution in [0, 0.1) is 0 Å². The zero-order valence-corrected chi connectivity index (χ0v) is 11.3. The van der Waals surface area contributed by atoms with E-state index < -0.39 is 5.91 Å². The van der Waals surface area contributed by atoms with Crippen LogP contribution in [0.3, 0.4) is 0 Å². The van der Waals surface area contributed by atoms with E-state index in [1.165, 1.54) is 7.11 Å². The van der Waals surface area contributed by atoms with Crippen molar-refractivity contribution in [1.82, 2.24) is 5.32 Å². The second-order valence-corrected chi connectivity index (χ2v) is 3.97. The molecule has 0 aliphatic carbocycles. The van der Waals surface area contributed by atoms with E-state index in [1.54, 1.807) is 18.2 Å². The van der Waals surface area contributed by atoms with Crippen LogP contribution in [0.25, 0.3) is 0 Å². The third kappa shape index (κ3) is 4.77. The highest BCUT2D eigenvalue weighted by Gasteiger charge is 2.12. The van der Waals surface area contributed by atoms with Crippen LogP contribution in [0.5, 0.6) is 11.5 Å². The summed E-state index contributed by atoms with van der Waals surface area (Å²) in [6.45, 7) is 0.929. The Kier molecular flexibility index (Phi) is 6.31. The minimum absolute atomic E-state index is 0.126. The average Bonchev–Trinajstić information content (AvgIpc) is 2.44. The van der Waals surface area contributed by atoms with Gasteiger partial charge in [0.05, 0.1) is 25.7 Å². The summed E-state index contributed by atoms with van der Waals surface area (Å²) in [6, 6.07) is 4.80. The molecule has 0 fully saturated rings. The smallest absolute Gasteiger partial charge is 0.255 e. The zero-order chi connectivity index (χ0) is 15.0. The fraction of sp³-hybridized carbons (Fsp3) is 0.385. The Labute approximate surface area is 117 Å². The van der Waals surface area contributed by atoms with Crippen molar-refractivity contribution in [3.63, 3.8) is 0 Å². The number of carbonyl (C=O) groups excluding carboxylic acids is 2. The Morgan fingerprint density at radius 1 is 1.35 bits per heavy atom. The normalized spacial score (nSPS) is 9.90.